The standard InChI is InChI=1S/C16H23N3O.C11H16O.C7H16.C5H12O/c1-12(9-16(17-3)18-4)5-7-14-10-15(19-11-20)8-6-13(14)2;1-4-6-7-8-11(9-12)10(3)5-2;1-5-6-7(2,3)4;1-5(2,3)6-4/h6,8-11H,5,7H2,1-4H3,(H,17,18)(H,19,20);4,6-10H,1,5H2,2-3H3;5-6H2,1-4H3;1-4H3/b12-9+;7-6-,11-8-;;. The lowest BCUT2D eigenvalue weighted by molar-refractivity contribution is -0.106. The molecule has 1 atom stereocenters. The van der Waals surface area contributed by atoms with E-state index in [1.54, 1.807) is 20.2 Å². The van der Waals surface area contributed by atoms with Crippen molar-refractivity contribution in [3.05, 3.63) is 77.4 Å². The van der Waals surface area contributed by atoms with E-state index in [9.17, 15) is 9.59 Å². The second kappa shape index (κ2) is 27.1. The van der Waals surface area contributed by atoms with Crippen LogP contribution in [0.25, 0.3) is 0 Å². The van der Waals surface area contributed by atoms with Crippen LogP contribution in [0.2, 0.25) is 0 Å². The number of carbonyl (C=O) groups is 2. The number of benzene rings is 1. The zero-order valence-electron chi connectivity index (χ0n) is 31.3. The van der Waals surface area contributed by atoms with Gasteiger partial charge >= 0.3 is 0 Å². The molecule has 256 valence electrons. The minimum Gasteiger partial charge on any atom is -0.379 e. The summed E-state index contributed by atoms with van der Waals surface area (Å²) in [6.07, 6.45) is 16.4. The van der Waals surface area contributed by atoms with Gasteiger partial charge in [0.25, 0.3) is 0 Å². The average molecular weight is 626 g/mol. The van der Waals surface area contributed by atoms with Crippen LogP contribution in [0.1, 0.15) is 106 Å². The number of nitrogens with one attached hydrogen (secondary N) is 2. The molecule has 0 radical (unpaired) electrons. The van der Waals surface area contributed by atoms with Crippen molar-refractivity contribution in [1.29, 1.82) is 0 Å². The van der Waals surface area contributed by atoms with Crippen LogP contribution in [0.15, 0.2) is 71.3 Å². The van der Waals surface area contributed by atoms with Crippen LogP contribution >= 0.6 is 0 Å². The average Bonchev–Trinajstić information content (AvgIpc) is 2.98. The highest BCUT2D eigenvalue weighted by Crippen LogP contribution is 2.20. The fourth-order valence-corrected chi connectivity index (χ4v) is 3.54. The van der Waals surface area contributed by atoms with Gasteiger partial charge in [0, 0.05) is 26.9 Å². The van der Waals surface area contributed by atoms with Crippen molar-refractivity contribution < 1.29 is 14.3 Å². The fraction of sp³-hybridized carbons (Fsp3) is 0.564. The Morgan fingerprint density at radius 2 is 1.69 bits per heavy atom. The Hall–Kier alpha value is -3.25. The van der Waals surface area contributed by atoms with Gasteiger partial charge < -0.3 is 15.4 Å². The van der Waals surface area contributed by atoms with E-state index < -0.39 is 0 Å². The first-order chi connectivity index (χ1) is 21.0. The van der Waals surface area contributed by atoms with Gasteiger partial charge in [-0.05, 0) is 107 Å². The minimum absolute atomic E-state index is 0.0417. The number of aldehydes is 1. The van der Waals surface area contributed by atoms with Gasteiger partial charge in [-0.15, -0.1) is 0 Å². The number of amidine groups is 1. The zero-order valence-corrected chi connectivity index (χ0v) is 31.3. The van der Waals surface area contributed by atoms with Crippen LogP contribution in [0.5, 0.6) is 0 Å². The molecule has 0 saturated carbocycles. The molecule has 1 aromatic rings. The molecule has 45 heavy (non-hydrogen) atoms. The smallest absolute Gasteiger partial charge is 0.211 e. The van der Waals surface area contributed by atoms with Crippen LogP contribution in [0.4, 0.5) is 5.69 Å². The summed E-state index contributed by atoms with van der Waals surface area (Å²) in [5, 5.41) is 5.73. The molecule has 0 heterocycles. The summed E-state index contributed by atoms with van der Waals surface area (Å²) in [5.74, 6) is 1.23. The van der Waals surface area contributed by atoms with Gasteiger partial charge in [0.05, 0.1) is 5.60 Å². The summed E-state index contributed by atoms with van der Waals surface area (Å²) in [5.41, 5.74) is 6.04. The van der Waals surface area contributed by atoms with E-state index in [1.807, 2.05) is 71.2 Å². The van der Waals surface area contributed by atoms with E-state index >= 15 is 0 Å². The predicted octanol–water partition coefficient (Wildman–Crippen LogP) is 9.85. The Balaban J connectivity index is -0.000000596. The molecule has 0 aliphatic heterocycles. The molecular formula is C39H67N3O3. The SMILES string of the molecule is C=C/C=C\C=C(\C=O)C(C)CC.CCCC(C)(C)C.CN=C(/C=C(\C)CCc1cc(NC=O)ccc1C)NC.COC(C)(C)C. The Morgan fingerprint density at radius 3 is 2.07 bits per heavy atom. The summed E-state index contributed by atoms with van der Waals surface area (Å²) >= 11 is 0. The Kier molecular flexibility index (Phi) is 27.8. The molecule has 0 fully saturated rings. The maximum Gasteiger partial charge on any atom is 0.211 e. The summed E-state index contributed by atoms with van der Waals surface area (Å²) in [6, 6.07) is 5.98. The molecule has 0 aliphatic rings. The van der Waals surface area contributed by atoms with E-state index in [0.717, 1.165) is 42.6 Å². The molecule has 2 N–H and O–H groups in total. The molecule has 0 aromatic heterocycles. The number of methoxy groups -OCH3 is 1. The third-order valence-electron chi connectivity index (χ3n) is 6.71. The molecule has 0 aliphatic carbocycles. The highest BCUT2D eigenvalue weighted by molar-refractivity contribution is 5.93. The number of rotatable bonds is 12. The molecule has 1 rings (SSSR count). The first-order valence-corrected chi connectivity index (χ1v) is 16.1. The number of allylic oxidation sites excluding steroid dienone is 6. The van der Waals surface area contributed by atoms with Gasteiger partial charge in [-0.2, -0.15) is 0 Å². The topological polar surface area (TPSA) is 79.8 Å². The lowest BCUT2D eigenvalue weighted by Crippen LogP contribution is -2.15. The quantitative estimate of drug-likeness (QED) is 0.0797. The zero-order chi connectivity index (χ0) is 35.5. The molecule has 0 saturated heterocycles. The van der Waals surface area contributed by atoms with E-state index in [-0.39, 0.29) is 5.60 Å². The van der Waals surface area contributed by atoms with Crippen LogP contribution in [0, 0.1) is 18.3 Å². The third-order valence-corrected chi connectivity index (χ3v) is 6.71. The van der Waals surface area contributed by atoms with Gasteiger partial charge in [0.15, 0.2) is 0 Å². The Morgan fingerprint density at radius 1 is 1.09 bits per heavy atom. The van der Waals surface area contributed by atoms with Gasteiger partial charge in [-0.25, -0.2) is 0 Å². The summed E-state index contributed by atoms with van der Waals surface area (Å²) < 4.78 is 4.94. The third kappa shape index (κ3) is 29.2. The monoisotopic (exact) mass is 626 g/mol. The number of hydrogen-bond donors (Lipinski definition) is 2. The number of ether oxygens (including phenoxy) is 1. The molecule has 1 unspecified atom stereocenters. The van der Waals surface area contributed by atoms with Gasteiger partial charge in [-0.3, -0.25) is 14.6 Å². The van der Waals surface area contributed by atoms with Gasteiger partial charge in [0.1, 0.15) is 12.1 Å². The van der Waals surface area contributed by atoms with Crippen LogP contribution < -0.4 is 10.6 Å². The summed E-state index contributed by atoms with van der Waals surface area (Å²) in [4.78, 5) is 25.2. The molecule has 6 nitrogen and oxygen atoms in total. The van der Waals surface area contributed by atoms with Crippen molar-refractivity contribution in [3.8, 4) is 0 Å². The fourth-order valence-electron chi connectivity index (χ4n) is 3.54. The Bertz CT molecular complexity index is 1070. The van der Waals surface area contributed by atoms with Crippen molar-refractivity contribution in [3.63, 3.8) is 0 Å². The highest BCUT2D eigenvalue weighted by atomic mass is 16.5. The summed E-state index contributed by atoms with van der Waals surface area (Å²) in [7, 11) is 5.35. The number of nitrogens with zero attached hydrogens (tertiary/aromatic N) is 1. The summed E-state index contributed by atoms with van der Waals surface area (Å²) in [6.45, 7) is 27.0. The van der Waals surface area contributed by atoms with Crippen molar-refractivity contribution in [2.45, 2.75) is 114 Å². The van der Waals surface area contributed by atoms with Crippen LogP contribution in [-0.4, -0.2) is 45.3 Å². The molecule has 0 bridgehead atoms. The first-order valence-electron chi connectivity index (χ1n) is 16.1. The number of aliphatic imine (C=N–C) groups is 1. The normalized spacial score (nSPS) is 12.8. The number of anilines is 1. The lowest BCUT2D eigenvalue weighted by Gasteiger charge is -2.15. The number of hydrogen-bond acceptors (Lipinski definition) is 4. The van der Waals surface area contributed by atoms with E-state index in [1.165, 1.54) is 29.5 Å². The van der Waals surface area contributed by atoms with Gasteiger partial charge in [-0.1, -0.05) is 90.5 Å². The largest absolute Gasteiger partial charge is 0.379 e. The highest BCUT2D eigenvalue weighted by Gasteiger charge is 2.06. The Labute approximate surface area is 277 Å². The van der Waals surface area contributed by atoms with Crippen LogP contribution in [-0.2, 0) is 20.7 Å². The molecular weight excluding hydrogens is 558 g/mol. The first kappa shape index (κ1) is 46.2. The number of amides is 1. The maximum absolute atomic E-state index is 10.6. The molecule has 6 heteroatoms. The number of aryl methyl sites for hydroxylation is 2. The number of likely N-dealkylation sites (N-methyl/N-ethyl adjacent to an activating group) is 1. The van der Waals surface area contributed by atoms with Crippen molar-refractivity contribution in [2.75, 3.05) is 26.5 Å². The second-order valence-corrected chi connectivity index (χ2v) is 13.1. The van der Waals surface area contributed by atoms with E-state index in [4.69, 9.17) is 4.74 Å². The van der Waals surface area contributed by atoms with Crippen molar-refractivity contribution in [2.24, 2.45) is 16.3 Å². The molecule has 1 amide bonds. The number of carbonyl (C=O) groups excluding carboxylic acids is 2. The molecule has 0 spiro atoms. The van der Waals surface area contributed by atoms with E-state index in [0.29, 0.717) is 17.7 Å². The van der Waals surface area contributed by atoms with E-state index in [2.05, 4.69) is 76.7 Å². The second-order valence-electron chi connectivity index (χ2n) is 13.1. The lowest BCUT2D eigenvalue weighted by atomic mass is 9.91. The molecule has 1 aromatic carbocycles. The van der Waals surface area contributed by atoms with Crippen molar-refractivity contribution >= 4 is 24.2 Å². The van der Waals surface area contributed by atoms with Crippen molar-refractivity contribution in [1.82, 2.24) is 5.32 Å². The predicted molar refractivity (Wildman–Crippen MR) is 199 cm³/mol. The maximum atomic E-state index is 10.6. The van der Waals surface area contributed by atoms with Gasteiger partial charge in [0.2, 0.25) is 6.41 Å². The minimum atomic E-state index is 0.0417. The van der Waals surface area contributed by atoms with Crippen LogP contribution in [0.3, 0.4) is 0 Å².